The summed E-state index contributed by atoms with van der Waals surface area (Å²) in [4.78, 5) is 0. The average Bonchev–Trinajstić information content (AvgIpc) is 2.49. The van der Waals surface area contributed by atoms with Crippen LogP contribution in [0.4, 0.5) is 0 Å². The molecule has 1 aliphatic carbocycles. The Kier molecular flexibility index (Phi) is 7.15. The SMILES string of the molecule is CC[N+](C)(C)CC1CCCCC1(O)c1cccc(OC)c1.[I-]. The third-order valence-corrected chi connectivity index (χ3v) is 5.18. The maximum absolute atomic E-state index is 11.4. The number of hydrogen-bond acceptors (Lipinski definition) is 2. The van der Waals surface area contributed by atoms with Crippen molar-refractivity contribution in [3.05, 3.63) is 29.8 Å². The maximum atomic E-state index is 11.4. The van der Waals surface area contributed by atoms with E-state index in [0.29, 0.717) is 5.92 Å². The molecule has 3 nitrogen and oxygen atoms in total. The number of methoxy groups -OCH3 is 1. The third kappa shape index (κ3) is 4.36. The lowest BCUT2D eigenvalue weighted by Crippen LogP contribution is -3.00. The van der Waals surface area contributed by atoms with Crippen molar-refractivity contribution in [1.82, 2.24) is 0 Å². The molecular formula is C18H30INO2. The van der Waals surface area contributed by atoms with E-state index < -0.39 is 5.60 Å². The Morgan fingerprint density at radius 3 is 2.68 bits per heavy atom. The first kappa shape index (κ1) is 19.7. The molecule has 0 heterocycles. The number of quaternary nitrogens is 1. The van der Waals surface area contributed by atoms with Gasteiger partial charge in [-0.1, -0.05) is 25.0 Å². The van der Waals surface area contributed by atoms with Crippen molar-refractivity contribution in [2.24, 2.45) is 5.92 Å². The molecule has 0 aromatic heterocycles. The first-order valence-corrected chi connectivity index (χ1v) is 8.10. The Bertz CT molecular complexity index is 478. The first-order chi connectivity index (χ1) is 9.91. The summed E-state index contributed by atoms with van der Waals surface area (Å²) in [6.45, 7) is 4.32. The van der Waals surface area contributed by atoms with Crippen molar-refractivity contribution < 1.29 is 38.3 Å². The minimum atomic E-state index is -0.711. The van der Waals surface area contributed by atoms with E-state index in [2.05, 4.69) is 21.0 Å². The van der Waals surface area contributed by atoms with Gasteiger partial charge in [0, 0.05) is 5.92 Å². The second-order valence-electron chi connectivity index (χ2n) is 7.03. The molecule has 2 unspecified atom stereocenters. The van der Waals surface area contributed by atoms with E-state index in [4.69, 9.17) is 4.74 Å². The fraction of sp³-hybridized carbons (Fsp3) is 0.667. The van der Waals surface area contributed by atoms with Gasteiger partial charge in [-0.3, -0.25) is 0 Å². The van der Waals surface area contributed by atoms with Crippen LogP contribution in [0.1, 0.15) is 38.2 Å². The Balaban J connectivity index is 0.00000242. The largest absolute Gasteiger partial charge is 1.00 e. The second kappa shape index (κ2) is 7.97. The van der Waals surface area contributed by atoms with Crippen molar-refractivity contribution in [2.75, 3.05) is 34.3 Å². The van der Waals surface area contributed by atoms with Crippen LogP contribution in [-0.4, -0.2) is 43.9 Å². The van der Waals surface area contributed by atoms with Crippen LogP contribution >= 0.6 is 0 Å². The predicted molar refractivity (Wildman–Crippen MR) is 86.4 cm³/mol. The molecule has 1 aromatic rings. The van der Waals surface area contributed by atoms with E-state index >= 15 is 0 Å². The smallest absolute Gasteiger partial charge is 0.119 e. The van der Waals surface area contributed by atoms with E-state index in [9.17, 15) is 5.11 Å². The summed E-state index contributed by atoms with van der Waals surface area (Å²) in [6, 6.07) is 7.98. The third-order valence-electron chi connectivity index (χ3n) is 5.18. The van der Waals surface area contributed by atoms with Crippen LogP contribution in [0.3, 0.4) is 0 Å². The molecule has 1 aliphatic rings. The summed E-state index contributed by atoms with van der Waals surface area (Å²) in [5, 5.41) is 11.4. The number of rotatable bonds is 5. The zero-order chi connectivity index (χ0) is 15.5. The molecule has 0 aliphatic heterocycles. The van der Waals surface area contributed by atoms with Gasteiger partial charge in [-0.15, -0.1) is 0 Å². The molecule has 22 heavy (non-hydrogen) atoms. The van der Waals surface area contributed by atoms with Crippen molar-refractivity contribution in [3.8, 4) is 5.75 Å². The molecule has 0 amide bonds. The number of halogens is 1. The monoisotopic (exact) mass is 419 g/mol. The van der Waals surface area contributed by atoms with Crippen LogP contribution in [0.25, 0.3) is 0 Å². The van der Waals surface area contributed by atoms with Crippen LogP contribution in [0.5, 0.6) is 5.75 Å². The molecule has 0 saturated heterocycles. The van der Waals surface area contributed by atoms with Crippen LogP contribution in [0, 0.1) is 5.92 Å². The highest BCUT2D eigenvalue weighted by Gasteiger charge is 2.43. The lowest BCUT2D eigenvalue weighted by atomic mass is 9.71. The second-order valence-corrected chi connectivity index (χ2v) is 7.03. The van der Waals surface area contributed by atoms with Gasteiger partial charge in [0.15, 0.2) is 0 Å². The predicted octanol–water partition coefficient (Wildman–Crippen LogP) is 0.173. The lowest BCUT2D eigenvalue weighted by Gasteiger charge is -2.44. The van der Waals surface area contributed by atoms with Gasteiger partial charge in [-0.05, 0) is 37.5 Å². The Morgan fingerprint density at radius 1 is 1.32 bits per heavy atom. The molecule has 1 fully saturated rings. The molecule has 2 atom stereocenters. The molecule has 2 rings (SSSR count). The van der Waals surface area contributed by atoms with Gasteiger partial charge < -0.3 is 38.3 Å². The minimum Gasteiger partial charge on any atom is -1.00 e. The summed E-state index contributed by atoms with van der Waals surface area (Å²) >= 11 is 0. The zero-order valence-electron chi connectivity index (χ0n) is 14.3. The first-order valence-electron chi connectivity index (χ1n) is 8.10. The Labute approximate surface area is 152 Å². The zero-order valence-corrected chi connectivity index (χ0v) is 16.5. The molecule has 1 N–H and O–H groups in total. The molecule has 4 heteroatoms. The summed E-state index contributed by atoms with van der Waals surface area (Å²) in [6.07, 6.45) is 4.29. The van der Waals surface area contributed by atoms with Crippen molar-refractivity contribution >= 4 is 0 Å². The van der Waals surface area contributed by atoms with E-state index in [0.717, 1.165) is 48.1 Å². The van der Waals surface area contributed by atoms with Gasteiger partial charge in [-0.2, -0.15) is 0 Å². The minimum absolute atomic E-state index is 0. The van der Waals surface area contributed by atoms with Crippen LogP contribution in [0.15, 0.2) is 24.3 Å². The molecule has 0 radical (unpaired) electrons. The fourth-order valence-electron chi connectivity index (χ4n) is 3.47. The fourth-order valence-corrected chi connectivity index (χ4v) is 3.47. The van der Waals surface area contributed by atoms with Crippen molar-refractivity contribution in [2.45, 2.75) is 38.2 Å². The summed E-state index contributed by atoms with van der Waals surface area (Å²) in [7, 11) is 6.18. The molecule has 1 saturated carbocycles. The molecule has 126 valence electrons. The maximum Gasteiger partial charge on any atom is 0.119 e. The number of hydrogen-bond donors (Lipinski definition) is 1. The Morgan fingerprint density at radius 2 is 2.05 bits per heavy atom. The van der Waals surface area contributed by atoms with Gasteiger partial charge in [0.2, 0.25) is 0 Å². The average molecular weight is 419 g/mol. The molecular weight excluding hydrogens is 389 g/mol. The van der Waals surface area contributed by atoms with Crippen LogP contribution < -0.4 is 28.7 Å². The highest BCUT2D eigenvalue weighted by Crippen LogP contribution is 2.43. The molecule has 1 aromatic carbocycles. The Hall–Kier alpha value is -0.330. The van der Waals surface area contributed by atoms with E-state index in [1.54, 1.807) is 7.11 Å². The topological polar surface area (TPSA) is 29.5 Å². The van der Waals surface area contributed by atoms with Crippen molar-refractivity contribution in [3.63, 3.8) is 0 Å². The number of ether oxygens (including phenoxy) is 1. The number of aliphatic hydroxyl groups is 1. The van der Waals surface area contributed by atoms with E-state index in [1.807, 2.05) is 24.3 Å². The van der Waals surface area contributed by atoms with Gasteiger partial charge in [0.05, 0.1) is 39.9 Å². The lowest BCUT2D eigenvalue weighted by molar-refractivity contribution is -0.893. The van der Waals surface area contributed by atoms with E-state index in [-0.39, 0.29) is 24.0 Å². The normalized spacial score (nSPS) is 25.4. The molecule has 0 spiro atoms. The van der Waals surface area contributed by atoms with Crippen molar-refractivity contribution in [1.29, 1.82) is 0 Å². The number of nitrogens with zero attached hydrogens (tertiary/aromatic N) is 1. The summed E-state index contributed by atoms with van der Waals surface area (Å²) in [5.41, 5.74) is 0.306. The number of benzene rings is 1. The van der Waals surface area contributed by atoms with Gasteiger partial charge in [0.1, 0.15) is 5.75 Å². The summed E-state index contributed by atoms with van der Waals surface area (Å²) < 4.78 is 6.29. The van der Waals surface area contributed by atoms with Crippen LogP contribution in [0.2, 0.25) is 0 Å². The quantitative estimate of drug-likeness (QED) is 0.545. The standard InChI is InChI=1S/C18H30NO2.HI/c1-5-19(2,3)14-16-9-6-7-12-18(16,20)15-10-8-11-17(13-15)21-4;/h8,10-11,13,16,20H,5-7,9,12,14H2,1-4H3;1H/q+1;/p-1. The van der Waals surface area contributed by atoms with E-state index in [1.165, 1.54) is 6.42 Å². The highest BCUT2D eigenvalue weighted by molar-refractivity contribution is 5.33. The highest BCUT2D eigenvalue weighted by atomic mass is 127. The van der Waals surface area contributed by atoms with Gasteiger partial charge in [0.25, 0.3) is 0 Å². The summed E-state index contributed by atoms with van der Waals surface area (Å²) in [5.74, 6) is 1.14. The van der Waals surface area contributed by atoms with Crippen LogP contribution in [-0.2, 0) is 5.60 Å². The van der Waals surface area contributed by atoms with Gasteiger partial charge >= 0.3 is 0 Å². The van der Waals surface area contributed by atoms with Gasteiger partial charge in [-0.25, -0.2) is 0 Å². The molecule has 0 bridgehead atoms.